The highest BCUT2D eigenvalue weighted by atomic mass is 28.4. The molecule has 1 N–H and O–H groups in total. The van der Waals surface area contributed by atoms with Gasteiger partial charge in [-0.05, 0) is 60.0 Å². The molecule has 10 heteroatoms. The molecule has 0 atom stereocenters. The highest BCUT2D eigenvalue weighted by Crippen LogP contribution is 2.39. The number of hydrogen-bond donors (Lipinski definition) is 1. The molecule has 0 bridgehead atoms. The number of aryl methyl sites for hydroxylation is 1. The lowest BCUT2D eigenvalue weighted by molar-refractivity contribution is 0.0509. The lowest BCUT2D eigenvalue weighted by Gasteiger charge is -2.43. The summed E-state index contributed by atoms with van der Waals surface area (Å²) in [7, 11) is -1.33. The standard InChI is InChI=1S/C41H47NO8Si/c1-9-41(6,7)50-36-25-30(49-39(45)37-28(2)22-29(24-35(37)43)47-27-46-8)23-33-34(36)26-42(38(33)44)20-21-48-51(40(3,4)5,31-16-12-10-13-17-31)32-18-14-11-15-19-32/h9-19,22-25,43H,1,20-21,26-27H2,2-8H3. The highest BCUT2D eigenvalue weighted by molar-refractivity contribution is 6.99. The van der Waals surface area contributed by atoms with Crippen LogP contribution in [0.4, 0.5) is 0 Å². The van der Waals surface area contributed by atoms with Crippen molar-refractivity contribution in [3.05, 3.63) is 120 Å². The minimum Gasteiger partial charge on any atom is -0.507 e. The predicted octanol–water partition coefficient (Wildman–Crippen LogP) is 6.78. The average Bonchev–Trinajstić information content (AvgIpc) is 3.40. The molecule has 0 spiro atoms. The molecule has 5 rings (SSSR count). The fraction of sp³-hybridized carbons (Fsp3) is 0.317. The molecular formula is C41H47NO8Si. The molecule has 1 amide bonds. The van der Waals surface area contributed by atoms with Gasteiger partial charge in [0.1, 0.15) is 34.2 Å². The molecule has 1 aliphatic heterocycles. The summed E-state index contributed by atoms with van der Waals surface area (Å²) in [5, 5.41) is 12.8. The Morgan fingerprint density at radius 2 is 1.57 bits per heavy atom. The molecule has 9 nitrogen and oxygen atoms in total. The van der Waals surface area contributed by atoms with Crippen molar-refractivity contribution in [3.8, 4) is 23.0 Å². The van der Waals surface area contributed by atoms with Crippen LogP contribution in [-0.2, 0) is 15.7 Å². The van der Waals surface area contributed by atoms with E-state index in [9.17, 15) is 14.7 Å². The molecule has 0 aliphatic carbocycles. The van der Waals surface area contributed by atoms with Gasteiger partial charge in [-0.15, -0.1) is 0 Å². The van der Waals surface area contributed by atoms with Gasteiger partial charge in [-0.25, -0.2) is 4.79 Å². The fourth-order valence-corrected chi connectivity index (χ4v) is 11.1. The van der Waals surface area contributed by atoms with Gasteiger partial charge in [0.05, 0.1) is 18.7 Å². The first-order valence-electron chi connectivity index (χ1n) is 16.9. The van der Waals surface area contributed by atoms with Crippen molar-refractivity contribution in [1.29, 1.82) is 0 Å². The monoisotopic (exact) mass is 709 g/mol. The Bertz CT molecular complexity index is 1820. The van der Waals surface area contributed by atoms with E-state index in [1.165, 1.54) is 13.2 Å². The van der Waals surface area contributed by atoms with Crippen LogP contribution in [0.2, 0.25) is 5.04 Å². The first-order chi connectivity index (χ1) is 24.2. The number of amides is 1. The Hall–Kier alpha value is -4.90. The molecule has 0 saturated heterocycles. The van der Waals surface area contributed by atoms with Gasteiger partial charge in [0.2, 0.25) is 0 Å². The van der Waals surface area contributed by atoms with Crippen LogP contribution in [0.3, 0.4) is 0 Å². The predicted molar refractivity (Wildman–Crippen MR) is 200 cm³/mol. The minimum atomic E-state index is -2.82. The van der Waals surface area contributed by atoms with Gasteiger partial charge in [0, 0.05) is 31.4 Å². The summed E-state index contributed by atoms with van der Waals surface area (Å²) in [4.78, 5) is 29.2. The third-order valence-electron chi connectivity index (χ3n) is 9.06. The molecule has 0 aromatic heterocycles. The number of aromatic hydroxyl groups is 1. The average molecular weight is 710 g/mol. The SMILES string of the molecule is C=CC(C)(C)Oc1cc(OC(=O)c2c(C)cc(OCOC)cc2O)cc2c1CN(CCO[Si](c1ccccc1)(c1ccccc1)C(C)(C)C)C2=O. The van der Waals surface area contributed by atoms with Crippen LogP contribution in [-0.4, -0.2) is 62.9 Å². The third-order valence-corrected chi connectivity index (χ3v) is 14.1. The quantitative estimate of drug-likeness (QED) is 0.0503. The van der Waals surface area contributed by atoms with E-state index in [1.54, 1.807) is 36.1 Å². The fourth-order valence-electron chi connectivity index (χ4n) is 6.50. The van der Waals surface area contributed by atoms with Gasteiger partial charge in [-0.3, -0.25) is 4.79 Å². The molecule has 0 unspecified atom stereocenters. The number of methoxy groups -OCH3 is 1. The Kier molecular flexibility index (Phi) is 11.1. The summed E-state index contributed by atoms with van der Waals surface area (Å²) in [6, 6.07) is 26.8. The molecule has 1 aliphatic rings. The molecule has 0 saturated carbocycles. The summed E-state index contributed by atoms with van der Waals surface area (Å²) in [5.41, 5.74) is 0.678. The van der Waals surface area contributed by atoms with Crippen molar-refractivity contribution in [2.45, 2.75) is 58.7 Å². The lowest BCUT2D eigenvalue weighted by atomic mass is 10.1. The largest absolute Gasteiger partial charge is 0.507 e. The number of hydrogen-bond acceptors (Lipinski definition) is 8. The number of esters is 1. The number of ether oxygens (including phenoxy) is 4. The van der Waals surface area contributed by atoms with Gasteiger partial charge in [-0.1, -0.05) is 88.0 Å². The molecule has 268 valence electrons. The summed E-state index contributed by atoms with van der Waals surface area (Å²) < 4.78 is 29.5. The first kappa shape index (κ1) is 37.4. The van der Waals surface area contributed by atoms with Crippen LogP contribution in [0.5, 0.6) is 23.0 Å². The molecule has 0 radical (unpaired) electrons. The van der Waals surface area contributed by atoms with Crippen LogP contribution in [0.25, 0.3) is 0 Å². The second-order valence-electron chi connectivity index (χ2n) is 14.2. The van der Waals surface area contributed by atoms with E-state index in [1.807, 2.05) is 50.2 Å². The van der Waals surface area contributed by atoms with Crippen molar-refractivity contribution in [2.75, 3.05) is 27.1 Å². The minimum absolute atomic E-state index is 0.0156. The maximum Gasteiger partial charge on any atom is 0.347 e. The van der Waals surface area contributed by atoms with Gasteiger partial charge >= 0.3 is 5.97 Å². The van der Waals surface area contributed by atoms with Crippen LogP contribution in [0.15, 0.2) is 97.6 Å². The van der Waals surface area contributed by atoms with Crippen molar-refractivity contribution in [1.82, 2.24) is 4.90 Å². The smallest absolute Gasteiger partial charge is 0.347 e. The van der Waals surface area contributed by atoms with Gasteiger partial charge < -0.3 is 33.4 Å². The normalized spacial score (nSPS) is 13.2. The van der Waals surface area contributed by atoms with Crippen LogP contribution in [0, 0.1) is 6.92 Å². The summed E-state index contributed by atoms with van der Waals surface area (Å²) in [6.45, 7) is 16.8. The number of rotatable bonds is 14. The maximum atomic E-state index is 14.0. The van der Waals surface area contributed by atoms with Gasteiger partial charge in [0.25, 0.3) is 14.2 Å². The van der Waals surface area contributed by atoms with Crippen molar-refractivity contribution >= 4 is 30.6 Å². The molecule has 0 fully saturated rings. The second-order valence-corrected chi connectivity index (χ2v) is 18.5. The molecule has 4 aromatic rings. The number of phenolic OH excluding ortho intramolecular Hbond substituents is 1. The molecule has 1 heterocycles. The Morgan fingerprint density at radius 3 is 2.12 bits per heavy atom. The van der Waals surface area contributed by atoms with E-state index in [4.69, 9.17) is 23.4 Å². The number of nitrogens with zero attached hydrogens (tertiary/aromatic N) is 1. The molecule has 51 heavy (non-hydrogen) atoms. The summed E-state index contributed by atoms with van der Waals surface area (Å²) in [6.07, 6.45) is 1.67. The molecular weight excluding hydrogens is 663 g/mol. The first-order valence-corrected chi connectivity index (χ1v) is 18.8. The number of fused-ring (bicyclic) bond motifs is 1. The van der Waals surface area contributed by atoms with E-state index in [0.717, 1.165) is 10.4 Å². The topological polar surface area (TPSA) is 104 Å². The second kappa shape index (κ2) is 15.1. The zero-order valence-electron chi connectivity index (χ0n) is 30.4. The van der Waals surface area contributed by atoms with Crippen LogP contribution in [0.1, 0.15) is 66.5 Å². The van der Waals surface area contributed by atoms with Crippen molar-refractivity contribution < 1.29 is 38.1 Å². The van der Waals surface area contributed by atoms with E-state index < -0.39 is 19.9 Å². The van der Waals surface area contributed by atoms with E-state index >= 15 is 0 Å². The van der Waals surface area contributed by atoms with E-state index in [0.29, 0.717) is 41.3 Å². The van der Waals surface area contributed by atoms with Crippen LogP contribution < -0.4 is 24.6 Å². The van der Waals surface area contributed by atoms with Gasteiger partial charge in [-0.2, -0.15) is 0 Å². The lowest BCUT2D eigenvalue weighted by Crippen LogP contribution is -2.67. The Labute approximate surface area is 301 Å². The van der Waals surface area contributed by atoms with Gasteiger partial charge in [0.15, 0.2) is 6.79 Å². The number of carbonyl (C=O) groups is 2. The zero-order chi connectivity index (χ0) is 37.0. The zero-order valence-corrected chi connectivity index (χ0v) is 31.4. The highest BCUT2D eigenvalue weighted by Gasteiger charge is 2.50. The Balaban J connectivity index is 1.43. The van der Waals surface area contributed by atoms with E-state index in [2.05, 4.69) is 51.6 Å². The number of carbonyl (C=O) groups excluding carboxylic acids is 2. The third kappa shape index (κ3) is 7.88. The summed E-state index contributed by atoms with van der Waals surface area (Å²) in [5.74, 6) is -0.487. The Morgan fingerprint density at radius 1 is 0.941 bits per heavy atom. The van der Waals surface area contributed by atoms with Crippen molar-refractivity contribution in [3.63, 3.8) is 0 Å². The number of benzene rings is 4. The summed E-state index contributed by atoms with van der Waals surface area (Å²) >= 11 is 0. The van der Waals surface area contributed by atoms with E-state index in [-0.39, 0.29) is 41.3 Å². The maximum absolute atomic E-state index is 14.0. The molecule has 4 aromatic carbocycles. The van der Waals surface area contributed by atoms with Crippen LogP contribution >= 0.6 is 0 Å². The number of phenols is 1. The van der Waals surface area contributed by atoms with Crippen molar-refractivity contribution in [2.24, 2.45) is 0 Å².